The van der Waals surface area contributed by atoms with E-state index in [1.807, 2.05) is 11.6 Å². The van der Waals surface area contributed by atoms with E-state index >= 15 is 0 Å². The number of benzene rings is 2. The Morgan fingerprint density at radius 3 is 2.44 bits per heavy atom. The summed E-state index contributed by atoms with van der Waals surface area (Å²) in [6.07, 6.45) is 0.138. The van der Waals surface area contributed by atoms with Gasteiger partial charge in [0.25, 0.3) is 5.91 Å². The van der Waals surface area contributed by atoms with E-state index in [2.05, 4.69) is 31.0 Å². The number of carbonyl (C=O) groups is 1. The number of amides is 1. The maximum Gasteiger partial charge on any atom is 0.252 e. The highest BCUT2D eigenvalue weighted by atomic mass is 32.2. The predicted molar refractivity (Wildman–Crippen MR) is 109 cm³/mol. The lowest BCUT2D eigenvalue weighted by atomic mass is 10.1. The highest BCUT2D eigenvalue weighted by Gasteiger charge is 2.12. The van der Waals surface area contributed by atoms with E-state index in [0.29, 0.717) is 4.80 Å². The van der Waals surface area contributed by atoms with Crippen LogP contribution in [0.15, 0.2) is 46.3 Å². The molecule has 0 aliphatic rings. The maximum atomic E-state index is 12.4. The van der Waals surface area contributed by atoms with Crippen LogP contribution in [0.25, 0.3) is 10.2 Å². The van der Waals surface area contributed by atoms with E-state index in [1.165, 1.54) is 16.9 Å². The third kappa shape index (κ3) is 4.04. The predicted octanol–water partition coefficient (Wildman–Crippen LogP) is 3.32. The van der Waals surface area contributed by atoms with Crippen molar-refractivity contribution in [2.24, 2.45) is 12.0 Å². The molecule has 0 bridgehead atoms. The van der Waals surface area contributed by atoms with Gasteiger partial charge in [0.15, 0.2) is 14.6 Å². The summed E-state index contributed by atoms with van der Waals surface area (Å²) in [5.41, 5.74) is 4.17. The molecule has 27 heavy (non-hydrogen) atoms. The van der Waals surface area contributed by atoms with Gasteiger partial charge in [-0.3, -0.25) is 4.79 Å². The third-order valence-corrected chi connectivity index (χ3v) is 7.30. The second-order valence-corrected chi connectivity index (χ2v) is 9.89. The first kappa shape index (κ1) is 19.5. The summed E-state index contributed by atoms with van der Waals surface area (Å²) >= 11 is 1.50. The average molecular weight is 403 g/mol. The number of fused-ring (bicyclic) bond motifs is 1. The Morgan fingerprint density at radius 2 is 1.81 bits per heavy atom. The van der Waals surface area contributed by atoms with E-state index in [-0.39, 0.29) is 23.0 Å². The zero-order valence-electron chi connectivity index (χ0n) is 15.8. The van der Waals surface area contributed by atoms with E-state index in [9.17, 15) is 13.2 Å². The highest BCUT2D eigenvalue weighted by molar-refractivity contribution is 7.91. The molecular weight excluding hydrogens is 380 g/mol. The van der Waals surface area contributed by atoms with Crippen molar-refractivity contribution in [1.82, 2.24) is 4.57 Å². The van der Waals surface area contributed by atoms with Crippen LogP contribution in [0.2, 0.25) is 0 Å². The molecular formula is C20H22N2O3S2. The second-order valence-electron chi connectivity index (χ2n) is 6.60. The Morgan fingerprint density at radius 1 is 1.15 bits per heavy atom. The Kier molecular flexibility index (Phi) is 5.35. The number of hydrogen-bond acceptors (Lipinski definition) is 4. The lowest BCUT2D eigenvalue weighted by molar-refractivity contribution is -0.117. The molecule has 0 aliphatic carbocycles. The number of nitrogens with zero attached hydrogens (tertiary/aromatic N) is 2. The van der Waals surface area contributed by atoms with Gasteiger partial charge in [-0.1, -0.05) is 36.5 Å². The first-order valence-electron chi connectivity index (χ1n) is 8.67. The van der Waals surface area contributed by atoms with Gasteiger partial charge in [0, 0.05) is 7.05 Å². The fourth-order valence-corrected chi connectivity index (χ4v) is 5.19. The van der Waals surface area contributed by atoms with Crippen LogP contribution in [0.3, 0.4) is 0 Å². The molecule has 3 aromatic rings. The molecule has 3 rings (SSSR count). The van der Waals surface area contributed by atoms with Crippen molar-refractivity contribution in [3.8, 4) is 0 Å². The minimum absolute atomic E-state index is 0.0575. The summed E-state index contributed by atoms with van der Waals surface area (Å²) in [6, 6.07) is 10.7. The minimum atomic E-state index is -3.23. The SMILES string of the molecule is CCS(=O)(=O)c1ccc(CC(=O)N=c2sc3cc(C)cc(C)c3n2C)cc1. The first-order chi connectivity index (χ1) is 12.7. The van der Waals surface area contributed by atoms with Crippen molar-refractivity contribution in [2.75, 3.05) is 5.75 Å². The topological polar surface area (TPSA) is 68.5 Å². The van der Waals surface area contributed by atoms with Crippen LogP contribution in [-0.4, -0.2) is 24.6 Å². The second kappa shape index (κ2) is 7.40. The van der Waals surface area contributed by atoms with Gasteiger partial charge < -0.3 is 4.57 Å². The summed E-state index contributed by atoms with van der Waals surface area (Å²) < 4.78 is 26.8. The van der Waals surface area contributed by atoms with E-state index in [0.717, 1.165) is 21.3 Å². The monoisotopic (exact) mass is 402 g/mol. The molecule has 0 radical (unpaired) electrons. The number of sulfone groups is 1. The Bertz CT molecular complexity index is 1180. The molecule has 0 aliphatic heterocycles. The number of hydrogen-bond donors (Lipinski definition) is 0. The van der Waals surface area contributed by atoms with E-state index < -0.39 is 9.84 Å². The van der Waals surface area contributed by atoms with Crippen LogP contribution >= 0.6 is 11.3 Å². The van der Waals surface area contributed by atoms with Crippen molar-refractivity contribution in [1.29, 1.82) is 0 Å². The van der Waals surface area contributed by atoms with Crippen LogP contribution in [0.5, 0.6) is 0 Å². The standard InChI is InChI=1S/C20H22N2O3S2/c1-5-27(24,25)16-8-6-15(7-9-16)12-18(23)21-20-22(4)19-14(3)10-13(2)11-17(19)26-20/h6-11H,5,12H2,1-4H3. The maximum absolute atomic E-state index is 12.4. The quantitative estimate of drug-likeness (QED) is 0.672. The molecule has 5 nitrogen and oxygen atoms in total. The fourth-order valence-electron chi connectivity index (χ4n) is 3.09. The molecule has 1 aromatic heterocycles. The van der Waals surface area contributed by atoms with Crippen LogP contribution in [0.1, 0.15) is 23.6 Å². The van der Waals surface area contributed by atoms with Crippen LogP contribution in [0.4, 0.5) is 0 Å². The van der Waals surface area contributed by atoms with Crippen molar-refractivity contribution in [3.05, 3.63) is 57.9 Å². The normalized spacial score (nSPS) is 12.7. The van der Waals surface area contributed by atoms with Crippen molar-refractivity contribution in [2.45, 2.75) is 32.1 Å². The molecule has 7 heteroatoms. The Balaban J connectivity index is 1.88. The molecule has 142 valence electrons. The smallest absolute Gasteiger partial charge is 0.252 e. The van der Waals surface area contributed by atoms with Crippen molar-refractivity contribution in [3.63, 3.8) is 0 Å². The van der Waals surface area contributed by atoms with Gasteiger partial charge in [-0.2, -0.15) is 4.99 Å². The molecule has 1 amide bonds. The summed E-state index contributed by atoms with van der Waals surface area (Å²) in [5.74, 6) is -0.195. The van der Waals surface area contributed by atoms with Gasteiger partial charge in [0.1, 0.15) is 0 Å². The van der Waals surface area contributed by atoms with Gasteiger partial charge in [-0.15, -0.1) is 0 Å². The molecule has 0 atom stereocenters. The number of rotatable bonds is 4. The molecule has 0 spiro atoms. The van der Waals surface area contributed by atoms with Gasteiger partial charge in [0.05, 0.1) is 27.3 Å². The average Bonchev–Trinajstić information content (AvgIpc) is 2.90. The molecule has 0 saturated heterocycles. The molecule has 0 unspecified atom stereocenters. The molecule has 0 fully saturated rings. The van der Waals surface area contributed by atoms with Gasteiger partial charge in [-0.25, -0.2) is 8.42 Å². The molecule has 0 N–H and O–H groups in total. The molecule has 1 heterocycles. The summed E-state index contributed by atoms with van der Waals surface area (Å²) in [5, 5.41) is 0. The molecule has 2 aromatic carbocycles. The zero-order chi connectivity index (χ0) is 19.8. The first-order valence-corrected chi connectivity index (χ1v) is 11.1. The largest absolute Gasteiger partial charge is 0.319 e. The van der Waals surface area contributed by atoms with Gasteiger partial charge >= 0.3 is 0 Å². The third-order valence-electron chi connectivity index (χ3n) is 4.47. The number of aryl methyl sites for hydroxylation is 3. The van der Waals surface area contributed by atoms with Gasteiger partial charge in [0.2, 0.25) is 0 Å². The summed E-state index contributed by atoms with van der Waals surface area (Å²) in [7, 11) is -1.32. The lowest BCUT2D eigenvalue weighted by Crippen LogP contribution is -2.14. The van der Waals surface area contributed by atoms with Crippen LogP contribution in [-0.2, 0) is 28.1 Å². The van der Waals surface area contributed by atoms with Crippen molar-refractivity contribution >= 4 is 37.3 Å². The van der Waals surface area contributed by atoms with Gasteiger partial charge in [-0.05, 0) is 48.7 Å². The summed E-state index contributed by atoms with van der Waals surface area (Å²) in [6.45, 7) is 5.72. The number of thiazole rings is 1. The zero-order valence-corrected chi connectivity index (χ0v) is 17.4. The highest BCUT2D eigenvalue weighted by Crippen LogP contribution is 2.22. The van der Waals surface area contributed by atoms with E-state index in [4.69, 9.17) is 0 Å². The molecule has 0 saturated carbocycles. The van der Waals surface area contributed by atoms with Crippen LogP contribution in [0, 0.1) is 13.8 Å². The van der Waals surface area contributed by atoms with Crippen molar-refractivity contribution < 1.29 is 13.2 Å². The van der Waals surface area contributed by atoms with E-state index in [1.54, 1.807) is 31.2 Å². The Labute approximate surface area is 162 Å². The number of aromatic nitrogens is 1. The number of carbonyl (C=O) groups excluding carboxylic acids is 1. The summed E-state index contributed by atoms with van der Waals surface area (Å²) in [4.78, 5) is 17.6. The fraction of sp³-hybridized carbons (Fsp3) is 0.300. The minimum Gasteiger partial charge on any atom is -0.319 e. The Hall–Kier alpha value is -2.25. The van der Waals surface area contributed by atoms with Crippen LogP contribution < -0.4 is 4.80 Å². The lowest BCUT2D eigenvalue weighted by Gasteiger charge is -2.03.